The van der Waals surface area contributed by atoms with E-state index in [1.165, 1.54) is 19.3 Å². The molecule has 0 N–H and O–H groups in total. The molecule has 0 spiro atoms. The molecule has 2 heteroatoms. The first kappa shape index (κ1) is 9.97. The van der Waals surface area contributed by atoms with Crippen LogP contribution >= 0.6 is 15.9 Å². The number of hydrogen-bond acceptors (Lipinski definition) is 1. The van der Waals surface area contributed by atoms with Gasteiger partial charge in [0.2, 0.25) is 0 Å². The molecule has 0 aliphatic heterocycles. The van der Waals surface area contributed by atoms with Crippen molar-refractivity contribution < 1.29 is 4.74 Å². The predicted octanol–water partition coefficient (Wildman–Crippen LogP) is 3.22. The van der Waals surface area contributed by atoms with Crippen LogP contribution in [-0.2, 0) is 4.74 Å². The first-order valence-corrected chi connectivity index (χ1v) is 6.31. The van der Waals surface area contributed by atoms with Gasteiger partial charge in [0.05, 0.1) is 5.60 Å². The summed E-state index contributed by atoms with van der Waals surface area (Å²) in [5, 5.41) is 0.991. The molecule has 76 valence electrons. The van der Waals surface area contributed by atoms with Gasteiger partial charge in [0.1, 0.15) is 0 Å². The van der Waals surface area contributed by atoms with E-state index < -0.39 is 0 Å². The summed E-state index contributed by atoms with van der Waals surface area (Å²) in [6.45, 7) is 4.75. The van der Waals surface area contributed by atoms with Crippen LogP contribution in [0.5, 0.6) is 0 Å². The molecule has 0 heterocycles. The van der Waals surface area contributed by atoms with Gasteiger partial charge in [0, 0.05) is 12.4 Å². The van der Waals surface area contributed by atoms with Crippen LogP contribution in [0.2, 0.25) is 0 Å². The maximum absolute atomic E-state index is 5.85. The zero-order chi connectivity index (χ0) is 9.69. The zero-order valence-corrected chi connectivity index (χ0v) is 10.4. The van der Waals surface area contributed by atoms with Gasteiger partial charge < -0.3 is 4.74 Å². The Morgan fingerprint density at radius 2 is 1.92 bits per heavy atom. The quantitative estimate of drug-likeness (QED) is 0.681. The lowest BCUT2D eigenvalue weighted by Gasteiger charge is -2.48. The fourth-order valence-corrected chi connectivity index (χ4v) is 5.11. The van der Waals surface area contributed by atoms with Crippen molar-refractivity contribution in [3.05, 3.63) is 0 Å². The highest BCUT2D eigenvalue weighted by Gasteiger charge is 2.62. The monoisotopic (exact) mass is 246 g/mol. The van der Waals surface area contributed by atoms with Crippen molar-refractivity contribution in [3.8, 4) is 0 Å². The third-order valence-corrected chi connectivity index (χ3v) is 5.60. The smallest absolute Gasteiger partial charge is 0.0856 e. The molecule has 0 aromatic heterocycles. The topological polar surface area (TPSA) is 9.23 Å². The highest BCUT2D eigenvalue weighted by molar-refractivity contribution is 9.09. The van der Waals surface area contributed by atoms with Crippen LogP contribution < -0.4 is 0 Å². The summed E-state index contributed by atoms with van der Waals surface area (Å²) < 4.78 is 5.85. The number of halogens is 1. The van der Waals surface area contributed by atoms with E-state index in [0.29, 0.717) is 5.41 Å². The fourth-order valence-electron chi connectivity index (χ4n) is 3.70. The minimum atomic E-state index is 0.107. The first-order valence-electron chi connectivity index (χ1n) is 5.19. The Labute approximate surface area is 89.4 Å². The van der Waals surface area contributed by atoms with E-state index in [9.17, 15) is 0 Å². The second kappa shape index (κ2) is 2.96. The van der Waals surface area contributed by atoms with Crippen LogP contribution in [0.1, 0.15) is 33.1 Å². The van der Waals surface area contributed by atoms with E-state index in [0.717, 1.165) is 17.2 Å². The molecular weight excluding hydrogens is 228 g/mol. The lowest BCUT2D eigenvalue weighted by atomic mass is 9.66. The molecule has 0 saturated heterocycles. The van der Waals surface area contributed by atoms with E-state index in [4.69, 9.17) is 4.74 Å². The van der Waals surface area contributed by atoms with E-state index in [-0.39, 0.29) is 5.60 Å². The van der Waals surface area contributed by atoms with Crippen LogP contribution in [0, 0.1) is 17.3 Å². The Morgan fingerprint density at radius 3 is 2.23 bits per heavy atom. The summed E-state index contributed by atoms with van der Waals surface area (Å²) in [5.74, 6) is 1.67. The molecule has 3 atom stereocenters. The molecule has 1 nitrogen and oxygen atoms in total. The van der Waals surface area contributed by atoms with Gasteiger partial charge in [-0.3, -0.25) is 0 Å². The van der Waals surface area contributed by atoms with Crippen molar-refractivity contribution in [1.29, 1.82) is 0 Å². The Bertz CT molecular complexity index is 208. The lowest BCUT2D eigenvalue weighted by molar-refractivity contribution is -0.114. The molecule has 2 bridgehead atoms. The molecule has 0 radical (unpaired) electrons. The molecule has 0 aromatic rings. The van der Waals surface area contributed by atoms with Crippen molar-refractivity contribution in [2.45, 2.75) is 38.7 Å². The van der Waals surface area contributed by atoms with Crippen molar-refractivity contribution in [2.24, 2.45) is 17.3 Å². The Morgan fingerprint density at radius 1 is 1.31 bits per heavy atom. The zero-order valence-electron chi connectivity index (χ0n) is 8.77. The van der Waals surface area contributed by atoms with E-state index in [1.807, 2.05) is 7.11 Å². The molecule has 2 fully saturated rings. The molecule has 13 heavy (non-hydrogen) atoms. The van der Waals surface area contributed by atoms with Crippen LogP contribution in [-0.4, -0.2) is 18.0 Å². The average Bonchev–Trinajstić information content (AvgIpc) is 2.62. The lowest BCUT2D eigenvalue weighted by Crippen LogP contribution is -2.52. The van der Waals surface area contributed by atoms with Crippen molar-refractivity contribution in [3.63, 3.8) is 0 Å². The van der Waals surface area contributed by atoms with Gasteiger partial charge in [-0.05, 0) is 36.5 Å². The third kappa shape index (κ3) is 1.02. The van der Waals surface area contributed by atoms with Crippen LogP contribution in [0.25, 0.3) is 0 Å². The van der Waals surface area contributed by atoms with E-state index in [2.05, 4.69) is 29.8 Å². The molecular formula is C11H19BrO. The van der Waals surface area contributed by atoms with E-state index in [1.54, 1.807) is 0 Å². The fraction of sp³-hybridized carbons (Fsp3) is 1.00. The van der Waals surface area contributed by atoms with Gasteiger partial charge in [0.15, 0.2) is 0 Å². The van der Waals surface area contributed by atoms with Crippen LogP contribution in [0.3, 0.4) is 0 Å². The number of alkyl halides is 1. The molecule has 0 amide bonds. The van der Waals surface area contributed by atoms with Crippen LogP contribution in [0.4, 0.5) is 0 Å². The average molecular weight is 247 g/mol. The van der Waals surface area contributed by atoms with Crippen molar-refractivity contribution in [2.75, 3.05) is 12.4 Å². The second-order valence-corrected chi connectivity index (χ2v) is 5.72. The van der Waals surface area contributed by atoms with Gasteiger partial charge in [0.25, 0.3) is 0 Å². The molecule has 2 rings (SSSR count). The number of methoxy groups -OCH3 is 1. The number of ether oxygens (including phenoxy) is 1. The van der Waals surface area contributed by atoms with Gasteiger partial charge in [-0.15, -0.1) is 0 Å². The highest BCUT2D eigenvalue weighted by atomic mass is 79.9. The Hall–Kier alpha value is 0.440. The van der Waals surface area contributed by atoms with Gasteiger partial charge in [-0.25, -0.2) is 0 Å². The summed E-state index contributed by atoms with van der Waals surface area (Å²) in [5.41, 5.74) is 0.462. The summed E-state index contributed by atoms with van der Waals surface area (Å²) in [6, 6.07) is 0. The number of rotatable bonds is 2. The van der Waals surface area contributed by atoms with Crippen LogP contribution in [0.15, 0.2) is 0 Å². The normalized spacial score (nSPS) is 47.1. The number of hydrogen-bond donors (Lipinski definition) is 0. The van der Waals surface area contributed by atoms with E-state index >= 15 is 0 Å². The molecule has 2 saturated carbocycles. The minimum Gasteiger partial charge on any atom is -0.377 e. The summed E-state index contributed by atoms with van der Waals surface area (Å²) in [7, 11) is 1.88. The van der Waals surface area contributed by atoms with Gasteiger partial charge in [-0.1, -0.05) is 29.8 Å². The summed E-state index contributed by atoms with van der Waals surface area (Å²) in [4.78, 5) is 0. The molecule has 2 aliphatic carbocycles. The number of fused-ring (bicyclic) bond motifs is 2. The maximum atomic E-state index is 5.85. The first-order chi connectivity index (χ1) is 6.08. The Balaban J connectivity index is 2.36. The standard InChI is InChI=1S/C11H19BrO/c1-10(2)8-4-5-9(6-8)11(10,7-12)13-3/h8-9H,4-7H2,1-3H3. The largest absolute Gasteiger partial charge is 0.377 e. The van der Waals surface area contributed by atoms with Gasteiger partial charge >= 0.3 is 0 Å². The SMILES string of the molecule is COC1(CBr)C2CCC(C2)C1(C)C. The summed E-state index contributed by atoms with van der Waals surface area (Å²) >= 11 is 3.65. The predicted molar refractivity (Wildman–Crippen MR) is 58.1 cm³/mol. The maximum Gasteiger partial charge on any atom is 0.0856 e. The highest BCUT2D eigenvalue weighted by Crippen LogP contribution is 2.63. The second-order valence-electron chi connectivity index (χ2n) is 5.16. The molecule has 2 aliphatic rings. The minimum absolute atomic E-state index is 0.107. The van der Waals surface area contributed by atoms with Gasteiger partial charge in [-0.2, -0.15) is 0 Å². The Kier molecular flexibility index (Phi) is 2.27. The van der Waals surface area contributed by atoms with Crippen molar-refractivity contribution >= 4 is 15.9 Å². The molecule has 0 aromatic carbocycles. The van der Waals surface area contributed by atoms with Crippen molar-refractivity contribution in [1.82, 2.24) is 0 Å². The third-order valence-electron chi connectivity index (χ3n) is 4.77. The summed E-state index contributed by atoms with van der Waals surface area (Å²) in [6.07, 6.45) is 4.16. The molecule has 3 unspecified atom stereocenters.